The summed E-state index contributed by atoms with van der Waals surface area (Å²) >= 11 is 1.53. The lowest BCUT2D eigenvalue weighted by atomic mass is 9.91. The minimum Gasteiger partial charge on any atom is -0.445 e. The second-order valence-electron chi connectivity index (χ2n) is 8.30. The molecule has 0 radical (unpaired) electrons. The zero-order chi connectivity index (χ0) is 25.3. The molecule has 1 aliphatic heterocycles. The van der Waals surface area contributed by atoms with Crippen molar-refractivity contribution in [3.63, 3.8) is 0 Å². The van der Waals surface area contributed by atoms with E-state index >= 15 is 0 Å². The Kier molecular flexibility index (Phi) is 9.07. The molecule has 0 bridgehead atoms. The van der Waals surface area contributed by atoms with Gasteiger partial charge in [-0.2, -0.15) is 0 Å². The van der Waals surface area contributed by atoms with Crippen LogP contribution in [0.25, 0.3) is 0 Å². The van der Waals surface area contributed by atoms with Crippen LogP contribution in [-0.2, 0) is 20.8 Å². The van der Waals surface area contributed by atoms with Crippen LogP contribution in [0.3, 0.4) is 0 Å². The molecular weight excluding hydrogens is 478 g/mol. The Labute approximate surface area is 214 Å². The Balaban J connectivity index is 1.56. The van der Waals surface area contributed by atoms with E-state index < -0.39 is 12.4 Å². The molecule has 2 heterocycles. The first-order chi connectivity index (χ1) is 17.6. The van der Waals surface area contributed by atoms with Gasteiger partial charge in [-0.05, 0) is 29.3 Å². The number of nitrogens with zero attached hydrogens (tertiary/aromatic N) is 2. The molecule has 1 amide bonds. The number of anilines is 1. The lowest BCUT2D eigenvalue weighted by Gasteiger charge is -2.41. The van der Waals surface area contributed by atoms with E-state index in [0.717, 1.165) is 16.7 Å². The Morgan fingerprint density at radius 2 is 1.92 bits per heavy atom. The fourth-order valence-electron chi connectivity index (χ4n) is 3.88. The molecular formula is C27H29N3O5S. The second-order valence-corrected chi connectivity index (χ2v) is 9.29. The maximum Gasteiger partial charge on any atom is 0.411 e. The highest BCUT2D eigenvalue weighted by Gasteiger charge is 2.38. The largest absolute Gasteiger partial charge is 0.445 e. The van der Waals surface area contributed by atoms with Gasteiger partial charge in [0, 0.05) is 35.3 Å². The van der Waals surface area contributed by atoms with Gasteiger partial charge in [-0.1, -0.05) is 67.7 Å². The smallest absolute Gasteiger partial charge is 0.411 e. The highest BCUT2D eigenvalue weighted by atomic mass is 32.2. The molecule has 0 saturated carbocycles. The topological polar surface area (TPSA) is 103 Å². The van der Waals surface area contributed by atoms with Gasteiger partial charge in [0.15, 0.2) is 11.4 Å². The predicted molar refractivity (Wildman–Crippen MR) is 137 cm³/mol. The van der Waals surface area contributed by atoms with Gasteiger partial charge in [0.2, 0.25) is 0 Å². The molecule has 9 heteroatoms. The maximum absolute atomic E-state index is 12.0. The summed E-state index contributed by atoms with van der Waals surface area (Å²) in [5.41, 5.74) is 3.18. The minimum absolute atomic E-state index is 0.0154. The van der Waals surface area contributed by atoms with Crippen LogP contribution in [-0.4, -0.2) is 39.6 Å². The summed E-state index contributed by atoms with van der Waals surface area (Å²) in [7, 11) is 0. The van der Waals surface area contributed by atoms with Crippen molar-refractivity contribution in [3.05, 3.63) is 96.3 Å². The molecule has 36 heavy (non-hydrogen) atoms. The number of nitrogens with one attached hydrogen (secondary N) is 1. The third kappa shape index (κ3) is 6.70. The number of amides is 1. The van der Waals surface area contributed by atoms with Crippen molar-refractivity contribution in [2.24, 2.45) is 5.92 Å². The van der Waals surface area contributed by atoms with E-state index in [9.17, 15) is 9.90 Å². The molecule has 3 aromatic rings. The quantitative estimate of drug-likeness (QED) is 0.229. The van der Waals surface area contributed by atoms with E-state index in [1.165, 1.54) is 17.8 Å². The SMILES string of the molecule is C=CCOC(=O)Nc1cccc([C@H]2O[C@@H](CSc3ncccn3)[C@@H](C)[C@@H](c3ccc(CO)cc3)O2)c1. The summed E-state index contributed by atoms with van der Waals surface area (Å²) in [6.07, 6.45) is 3.32. The van der Waals surface area contributed by atoms with Gasteiger partial charge < -0.3 is 19.3 Å². The number of benzene rings is 2. The lowest BCUT2D eigenvalue weighted by Crippen LogP contribution is -2.38. The van der Waals surface area contributed by atoms with Crippen LogP contribution in [0.2, 0.25) is 0 Å². The predicted octanol–water partition coefficient (Wildman–Crippen LogP) is 5.29. The first-order valence-corrected chi connectivity index (χ1v) is 12.6. The molecule has 0 aliphatic carbocycles. The molecule has 1 fully saturated rings. The van der Waals surface area contributed by atoms with E-state index in [0.29, 0.717) is 16.6 Å². The van der Waals surface area contributed by atoms with Gasteiger partial charge in [-0.25, -0.2) is 14.8 Å². The third-order valence-electron chi connectivity index (χ3n) is 5.78. The number of aromatic nitrogens is 2. The fourth-order valence-corrected chi connectivity index (χ4v) is 4.84. The minimum atomic E-state index is -0.656. The summed E-state index contributed by atoms with van der Waals surface area (Å²) in [5, 5.41) is 12.8. The monoisotopic (exact) mass is 507 g/mol. The van der Waals surface area contributed by atoms with Crippen LogP contribution in [0.4, 0.5) is 10.5 Å². The van der Waals surface area contributed by atoms with E-state index in [-0.39, 0.29) is 31.3 Å². The second kappa shape index (κ2) is 12.6. The fraction of sp³-hybridized carbons (Fsp3) is 0.296. The molecule has 1 aromatic heterocycles. The van der Waals surface area contributed by atoms with Crippen LogP contribution in [0.1, 0.15) is 36.0 Å². The number of aliphatic hydroxyl groups excluding tert-OH is 1. The molecule has 1 saturated heterocycles. The number of hydrogen-bond acceptors (Lipinski definition) is 8. The summed E-state index contributed by atoms with van der Waals surface area (Å²) in [4.78, 5) is 20.6. The van der Waals surface area contributed by atoms with Crippen molar-refractivity contribution >= 4 is 23.5 Å². The summed E-state index contributed by atoms with van der Waals surface area (Å²) in [5.74, 6) is 0.676. The molecule has 0 unspecified atom stereocenters. The van der Waals surface area contributed by atoms with Gasteiger partial charge in [0.25, 0.3) is 0 Å². The molecule has 8 nitrogen and oxygen atoms in total. The van der Waals surface area contributed by atoms with Crippen molar-refractivity contribution < 1.29 is 24.1 Å². The van der Waals surface area contributed by atoms with Crippen molar-refractivity contribution in [1.82, 2.24) is 9.97 Å². The lowest BCUT2D eigenvalue weighted by molar-refractivity contribution is -0.268. The van der Waals surface area contributed by atoms with E-state index in [1.807, 2.05) is 42.5 Å². The van der Waals surface area contributed by atoms with Crippen LogP contribution >= 0.6 is 11.8 Å². The number of rotatable bonds is 9. The summed E-state index contributed by atoms with van der Waals surface area (Å²) in [6, 6.07) is 16.9. The first-order valence-electron chi connectivity index (χ1n) is 11.6. The molecule has 1 aliphatic rings. The number of hydrogen-bond donors (Lipinski definition) is 2. The van der Waals surface area contributed by atoms with Crippen LogP contribution in [0, 0.1) is 5.92 Å². The third-order valence-corrected chi connectivity index (χ3v) is 6.74. The van der Waals surface area contributed by atoms with Gasteiger partial charge in [0.05, 0.1) is 18.8 Å². The maximum atomic E-state index is 12.0. The zero-order valence-corrected chi connectivity index (χ0v) is 20.8. The van der Waals surface area contributed by atoms with Crippen molar-refractivity contribution in [3.8, 4) is 0 Å². The number of thioether (sulfide) groups is 1. The number of ether oxygens (including phenoxy) is 3. The van der Waals surface area contributed by atoms with E-state index in [4.69, 9.17) is 14.2 Å². The molecule has 2 aromatic carbocycles. The van der Waals surface area contributed by atoms with Gasteiger partial charge in [0.1, 0.15) is 6.61 Å². The average molecular weight is 508 g/mol. The molecule has 4 rings (SSSR count). The Bertz CT molecular complexity index is 1150. The van der Waals surface area contributed by atoms with Crippen molar-refractivity contribution in [2.75, 3.05) is 17.7 Å². The molecule has 4 atom stereocenters. The highest BCUT2D eigenvalue weighted by molar-refractivity contribution is 7.99. The average Bonchev–Trinajstić information content (AvgIpc) is 2.92. The summed E-state index contributed by atoms with van der Waals surface area (Å²) < 4.78 is 17.9. The number of carbonyl (C=O) groups is 1. The van der Waals surface area contributed by atoms with E-state index in [1.54, 1.807) is 24.5 Å². The van der Waals surface area contributed by atoms with Crippen LogP contribution in [0.15, 0.2) is 84.8 Å². The van der Waals surface area contributed by atoms with Gasteiger partial charge in [-0.15, -0.1) is 0 Å². The Hall–Kier alpha value is -3.24. The zero-order valence-electron chi connectivity index (χ0n) is 19.9. The van der Waals surface area contributed by atoms with Gasteiger partial charge in [-0.3, -0.25) is 5.32 Å². The van der Waals surface area contributed by atoms with Crippen molar-refractivity contribution in [1.29, 1.82) is 0 Å². The van der Waals surface area contributed by atoms with Gasteiger partial charge >= 0.3 is 6.09 Å². The highest BCUT2D eigenvalue weighted by Crippen LogP contribution is 2.43. The summed E-state index contributed by atoms with van der Waals surface area (Å²) in [6.45, 7) is 5.76. The standard InChI is InChI=1S/C27H29N3O5S/c1-3-14-33-27(32)30-22-7-4-6-21(15-22)25-34-23(17-36-26-28-12-5-13-29-26)18(2)24(35-25)20-10-8-19(16-31)9-11-20/h3-13,15,18,23-25,31H,1,14,16-17H2,2H3,(H,30,32)/t18-,23+,24+,25+/m1/s1. The Morgan fingerprint density at radius 3 is 2.64 bits per heavy atom. The normalized spacial score (nSPS) is 21.5. The van der Waals surface area contributed by atoms with Crippen molar-refractivity contribution in [2.45, 2.75) is 37.2 Å². The van der Waals surface area contributed by atoms with Crippen LogP contribution < -0.4 is 5.32 Å². The molecule has 0 spiro atoms. The van der Waals surface area contributed by atoms with Crippen LogP contribution in [0.5, 0.6) is 0 Å². The van der Waals surface area contributed by atoms with E-state index in [2.05, 4.69) is 28.8 Å². The molecule has 188 valence electrons. The number of carbonyl (C=O) groups excluding carboxylic acids is 1. The Morgan fingerprint density at radius 1 is 1.14 bits per heavy atom. The first kappa shape index (κ1) is 25.8. The number of aliphatic hydroxyl groups is 1. The molecule has 2 N–H and O–H groups in total.